The number of carbonyl (C=O) groups excluding carboxylic acids is 1. The summed E-state index contributed by atoms with van der Waals surface area (Å²) in [5.74, 6) is -0.294. The average Bonchev–Trinajstić information content (AvgIpc) is 2.35. The molecule has 0 N–H and O–H groups in total. The summed E-state index contributed by atoms with van der Waals surface area (Å²) in [6, 6.07) is 0. The average molecular weight is 130 g/mol. The molecule has 50 valence electrons. The SMILES string of the molecule is O=C1OCC2OCOC12. The van der Waals surface area contributed by atoms with Gasteiger partial charge >= 0.3 is 5.97 Å². The van der Waals surface area contributed by atoms with Crippen LogP contribution in [0.3, 0.4) is 0 Å². The smallest absolute Gasteiger partial charge is 0.338 e. The quantitative estimate of drug-likeness (QED) is 0.406. The first kappa shape index (κ1) is 5.20. The number of rotatable bonds is 0. The molecule has 4 nitrogen and oxygen atoms in total. The molecule has 0 aliphatic carbocycles. The zero-order valence-electron chi connectivity index (χ0n) is 4.70. The van der Waals surface area contributed by atoms with Gasteiger partial charge in [0.25, 0.3) is 0 Å². The Bertz CT molecular complexity index is 144. The third-order valence-electron chi connectivity index (χ3n) is 1.49. The second kappa shape index (κ2) is 1.68. The largest absolute Gasteiger partial charge is 0.461 e. The van der Waals surface area contributed by atoms with Gasteiger partial charge in [-0.15, -0.1) is 0 Å². The van der Waals surface area contributed by atoms with Crippen molar-refractivity contribution in [1.29, 1.82) is 0 Å². The Morgan fingerprint density at radius 1 is 1.44 bits per heavy atom. The molecule has 0 aromatic rings. The van der Waals surface area contributed by atoms with Crippen LogP contribution in [-0.2, 0) is 19.0 Å². The molecule has 2 atom stereocenters. The second-order valence-corrected chi connectivity index (χ2v) is 2.04. The minimum absolute atomic E-state index is 0.141. The van der Waals surface area contributed by atoms with Crippen LogP contribution in [0.2, 0.25) is 0 Å². The van der Waals surface area contributed by atoms with Gasteiger partial charge < -0.3 is 14.2 Å². The van der Waals surface area contributed by atoms with Crippen LogP contribution >= 0.6 is 0 Å². The van der Waals surface area contributed by atoms with E-state index in [2.05, 4.69) is 4.74 Å². The zero-order chi connectivity index (χ0) is 6.27. The van der Waals surface area contributed by atoms with Crippen LogP contribution in [-0.4, -0.2) is 31.6 Å². The van der Waals surface area contributed by atoms with E-state index in [9.17, 15) is 4.79 Å². The molecule has 2 rings (SSSR count). The molecule has 0 radical (unpaired) electrons. The number of hydrogen-bond donors (Lipinski definition) is 0. The molecule has 9 heavy (non-hydrogen) atoms. The van der Waals surface area contributed by atoms with E-state index in [4.69, 9.17) is 9.47 Å². The van der Waals surface area contributed by atoms with Crippen molar-refractivity contribution in [1.82, 2.24) is 0 Å². The van der Waals surface area contributed by atoms with Gasteiger partial charge in [0.2, 0.25) is 0 Å². The normalized spacial score (nSPS) is 40.7. The van der Waals surface area contributed by atoms with Crippen molar-refractivity contribution in [3.63, 3.8) is 0 Å². The first-order valence-electron chi connectivity index (χ1n) is 2.78. The van der Waals surface area contributed by atoms with Crippen LogP contribution in [0.4, 0.5) is 0 Å². The Kier molecular flexibility index (Phi) is 0.972. The van der Waals surface area contributed by atoms with Gasteiger partial charge in [-0.1, -0.05) is 0 Å². The van der Waals surface area contributed by atoms with Gasteiger partial charge in [-0.3, -0.25) is 0 Å². The molecule has 2 aliphatic heterocycles. The van der Waals surface area contributed by atoms with Crippen LogP contribution < -0.4 is 0 Å². The molecule has 2 fully saturated rings. The van der Waals surface area contributed by atoms with E-state index in [0.29, 0.717) is 6.61 Å². The maximum atomic E-state index is 10.6. The topological polar surface area (TPSA) is 44.8 Å². The van der Waals surface area contributed by atoms with Gasteiger partial charge in [0.15, 0.2) is 6.10 Å². The Hall–Kier alpha value is -0.610. The molecule has 0 aromatic carbocycles. The maximum absolute atomic E-state index is 10.6. The van der Waals surface area contributed by atoms with E-state index in [0.717, 1.165) is 0 Å². The van der Waals surface area contributed by atoms with Crippen molar-refractivity contribution >= 4 is 5.97 Å². The molecule has 4 heteroatoms. The van der Waals surface area contributed by atoms with Gasteiger partial charge in [0.05, 0.1) is 0 Å². The second-order valence-electron chi connectivity index (χ2n) is 2.04. The Balaban J connectivity index is 2.15. The van der Waals surface area contributed by atoms with E-state index in [-0.39, 0.29) is 18.9 Å². The van der Waals surface area contributed by atoms with Crippen LogP contribution in [0.15, 0.2) is 0 Å². The Morgan fingerprint density at radius 2 is 2.33 bits per heavy atom. The summed E-state index contributed by atoms with van der Waals surface area (Å²) in [6.07, 6.45) is -0.581. The van der Waals surface area contributed by atoms with Gasteiger partial charge in [-0.05, 0) is 0 Å². The first-order chi connectivity index (χ1) is 4.38. The standard InChI is InChI=1S/C5H6O4/c6-5-4-3(1-7-5)8-2-9-4/h3-4H,1-2H2. The fourth-order valence-electron chi connectivity index (χ4n) is 0.996. The van der Waals surface area contributed by atoms with Gasteiger partial charge in [-0.2, -0.15) is 0 Å². The lowest BCUT2D eigenvalue weighted by Crippen LogP contribution is -2.22. The highest BCUT2D eigenvalue weighted by molar-refractivity contribution is 5.77. The van der Waals surface area contributed by atoms with E-state index in [1.54, 1.807) is 0 Å². The molecule has 0 amide bonds. The minimum atomic E-state index is -0.440. The van der Waals surface area contributed by atoms with Crippen molar-refractivity contribution in [3.05, 3.63) is 0 Å². The molecular weight excluding hydrogens is 124 g/mol. The summed E-state index contributed by atoms with van der Waals surface area (Å²) in [5, 5.41) is 0. The lowest BCUT2D eigenvalue weighted by atomic mass is 10.3. The summed E-state index contributed by atoms with van der Waals surface area (Å²) in [5.41, 5.74) is 0. The van der Waals surface area contributed by atoms with Crippen molar-refractivity contribution in [2.45, 2.75) is 12.2 Å². The lowest BCUT2D eigenvalue weighted by molar-refractivity contribution is -0.148. The number of esters is 1. The summed E-state index contributed by atoms with van der Waals surface area (Å²) >= 11 is 0. The molecule has 2 heterocycles. The highest BCUT2D eigenvalue weighted by Gasteiger charge is 2.42. The van der Waals surface area contributed by atoms with Crippen molar-refractivity contribution in [2.24, 2.45) is 0 Å². The molecule has 2 unspecified atom stereocenters. The van der Waals surface area contributed by atoms with E-state index in [1.807, 2.05) is 0 Å². The molecule has 0 aromatic heterocycles. The summed E-state index contributed by atoms with van der Waals surface area (Å²) in [7, 11) is 0. The summed E-state index contributed by atoms with van der Waals surface area (Å²) in [6.45, 7) is 0.577. The van der Waals surface area contributed by atoms with Gasteiger partial charge in [0, 0.05) is 0 Å². The predicted octanol–water partition coefficient (Wildman–Crippen LogP) is -0.715. The first-order valence-corrected chi connectivity index (χ1v) is 2.78. The third kappa shape index (κ3) is 0.635. The molecular formula is C5H6O4. The lowest BCUT2D eigenvalue weighted by Gasteiger charge is -1.95. The summed E-state index contributed by atoms with van der Waals surface area (Å²) in [4.78, 5) is 10.6. The van der Waals surface area contributed by atoms with Crippen molar-refractivity contribution in [2.75, 3.05) is 13.4 Å². The molecule has 2 aliphatic rings. The molecule has 0 bridgehead atoms. The zero-order valence-corrected chi connectivity index (χ0v) is 4.70. The number of hydrogen-bond acceptors (Lipinski definition) is 4. The fraction of sp³-hybridized carbons (Fsp3) is 0.800. The van der Waals surface area contributed by atoms with E-state index in [1.165, 1.54) is 0 Å². The predicted molar refractivity (Wildman–Crippen MR) is 25.6 cm³/mol. The van der Waals surface area contributed by atoms with Crippen LogP contribution in [0.1, 0.15) is 0 Å². The maximum Gasteiger partial charge on any atom is 0.338 e. The van der Waals surface area contributed by atoms with Crippen LogP contribution in [0, 0.1) is 0 Å². The van der Waals surface area contributed by atoms with Gasteiger partial charge in [-0.25, -0.2) is 4.79 Å². The third-order valence-corrected chi connectivity index (χ3v) is 1.49. The van der Waals surface area contributed by atoms with Crippen molar-refractivity contribution in [3.8, 4) is 0 Å². The number of carbonyl (C=O) groups is 1. The summed E-state index contributed by atoms with van der Waals surface area (Å²) < 4.78 is 14.5. The van der Waals surface area contributed by atoms with Crippen molar-refractivity contribution < 1.29 is 19.0 Å². The number of cyclic esters (lactones) is 1. The minimum Gasteiger partial charge on any atom is -0.461 e. The molecule has 0 spiro atoms. The number of fused-ring (bicyclic) bond motifs is 1. The Labute approximate surface area is 51.7 Å². The van der Waals surface area contributed by atoms with E-state index >= 15 is 0 Å². The van der Waals surface area contributed by atoms with Crippen LogP contribution in [0.25, 0.3) is 0 Å². The van der Waals surface area contributed by atoms with Crippen LogP contribution in [0.5, 0.6) is 0 Å². The molecule has 2 saturated heterocycles. The monoisotopic (exact) mass is 130 g/mol. The highest BCUT2D eigenvalue weighted by atomic mass is 16.7. The van der Waals surface area contributed by atoms with E-state index < -0.39 is 6.10 Å². The number of ether oxygens (including phenoxy) is 3. The highest BCUT2D eigenvalue weighted by Crippen LogP contribution is 2.20. The Morgan fingerprint density at radius 3 is 3.11 bits per heavy atom. The van der Waals surface area contributed by atoms with Gasteiger partial charge in [0.1, 0.15) is 19.5 Å². The molecule has 0 saturated carbocycles. The fourth-order valence-corrected chi connectivity index (χ4v) is 0.996.